The summed E-state index contributed by atoms with van der Waals surface area (Å²) in [6.07, 6.45) is 1.39. The van der Waals surface area contributed by atoms with Crippen molar-refractivity contribution in [3.63, 3.8) is 0 Å². The van der Waals surface area contributed by atoms with Crippen LogP contribution in [0.25, 0.3) is 11.1 Å². The van der Waals surface area contributed by atoms with Crippen LogP contribution in [0, 0.1) is 0 Å². The number of carbonyl (C=O) groups excluding carboxylic acids is 1. The number of benzene rings is 1. The number of aromatic nitrogens is 1. The first-order valence-electron chi connectivity index (χ1n) is 5.16. The highest BCUT2D eigenvalue weighted by Crippen LogP contribution is 2.22. The van der Waals surface area contributed by atoms with Crippen molar-refractivity contribution in [1.29, 1.82) is 0 Å². The van der Waals surface area contributed by atoms with Crippen molar-refractivity contribution in [3.8, 4) is 0 Å². The van der Waals surface area contributed by atoms with Gasteiger partial charge in [0.2, 0.25) is 0 Å². The molecule has 0 saturated carbocycles. The number of aldehydes is 1. The van der Waals surface area contributed by atoms with Crippen molar-refractivity contribution < 1.29 is 9.21 Å². The van der Waals surface area contributed by atoms with E-state index >= 15 is 0 Å². The second-order valence-corrected chi connectivity index (χ2v) is 3.96. The Hall–Kier alpha value is -1.84. The van der Waals surface area contributed by atoms with E-state index in [1.54, 1.807) is 13.1 Å². The van der Waals surface area contributed by atoms with Crippen molar-refractivity contribution in [2.45, 2.75) is 19.3 Å². The molecule has 4 nitrogen and oxygen atoms in total. The minimum absolute atomic E-state index is 0.159. The van der Waals surface area contributed by atoms with Crippen molar-refractivity contribution in [3.05, 3.63) is 34.3 Å². The second-order valence-electron chi connectivity index (χ2n) is 3.96. The first kappa shape index (κ1) is 10.7. The highest BCUT2D eigenvalue weighted by molar-refractivity contribution is 5.74. The van der Waals surface area contributed by atoms with Crippen LogP contribution in [0.15, 0.2) is 27.4 Å². The lowest BCUT2D eigenvalue weighted by Gasteiger charge is -2.07. The summed E-state index contributed by atoms with van der Waals surface area (Å²) in [7, 11) is 1.67. The predicted octanol–water partition coefficient (Wildman–Crippen LogP) is 1.82. The Bertz CT molecular complexity index is 579. The Labute approximate surface area is 92.5 Å². The smallest absolute Gasteiger partial charge is 0.408 e. The maximum atomic E-state index is 11.3. The van der Waals surface area contributed by atoms with E-state index < -0.39 is 0 Å². The zero-order valence-electron chi connectivity index (χ0n) is 9.27. The van der Waals surface area contributed by atoms with Crippen LogP contribution in [-0.4, -0.2) is 10.9 Å². The molecule has 2 rings (SSSR count). The van der Waals surface area contributed by atoms with E-state index in [1.165, 1.54) is 4.57 Å². The second kappa shape index (κ2) is 3.96. The number of fused-ring (bicyclic) bond motifs is 1. The normalized spacial score (nSPS) is 12.9. The van der Waals surface area contributed by atoms with Gasteiger partial charge in [0.15, 0.2) is 5.58 Å². The number of carbonyl (C=O) groups is 1. The van der Waals surface area contributed by atoms with Crippen molar-refractivity contribution in [2.75, 3.05) is 0 Å². The molecule has 0 saturated heterocycles. The molecule has 0 spiro atoms. The maximum absolute atomic E-state index is 11.3. The Morgan fingerprint density at radius 2 is 2.25 bits per heavy atom. The van der Waals surface area contributed by atoms with Crippen LogP contribution in [0.4, 0.5) is 0 Å². The summed E-state index contributed by atoms with van der Waals surface area (Å²) in [5.41, 5.74) is 2.38. The van der Waals surface area contributed by atoms with Crippen molar-refractivity contribution >= 4 is 17.4 Å². The van der Waals surface area contributed by atoms with Crippen LogP contribution in [0.2, 0.25) is 0 Å². The molecule has 1 aromatic heterocycles. The average Bonchev–Trinajstić information content (AvgIpc) is 2.55. The van der Waals surface area contributed by atoms with Crippen LogP contribution in [0.5, 0.6) is 0 Å². The fourth-order valence-corrected chi connectivity index (χ4v) is 1.73. The fourth-order valence-electron chi connectivity index (χ4n) is 1.73. The van der Waals surface area contributed by atoms with Crippen LogP contribution >= 0.6 is 0 Å². The summed E-state index contributed by atoms with van der Waals surface area (Å²) < 4.78 is 6.50. The zero-order chi connectivity index (χ0) is 11.7. The maximum Gasteiger partial charge on any atom is 0.419 e. The monoisotopic (exact) mass is 219 g/mol. The lowest BCUT2D eigenvalue weighted by molar-refractivity contribution is -0.108. The molecule has 1 atom stereocenters. The number of oxazole rings is 1. The van der Waals surface area contributed by atoms with E-state index in [-0.39, 0.29) is 11.7 Å². The van der Waals surface area contributed by atoms with Gasteiger partial charge in [-0.25, -0.2) is 4.79 Å². The van der Waals surface area contributed by atoms with E-state index in [2.05, 4.69) is 0 Å². The molecule has 1 heterocycles. The molecule has 0 bridgehead atoms. The van der Waals surface area contributed by atoms with Gasteiger partial charge >= 0.3 is 5.76 Å². The van der Waals surface area contributed by atoms with Crippen LogP contribution in [-0.2, 0) is 11.8 Å². The van der Waals surface area contributed by atoms with Gasteiger partial charge in [0, 0.05) is 13.5 Å². The third kappa shape index (κ3) is 1.66. The van der Waals surface area contributed by atoms with E-state index in [4.69, 9.17) is 4.42 Å². The minimum Gasteiger partial charge on any atom is -0.408 e. The molecule has 16 heavy (non-hydrogen) atoms. The largest absolute Gasteiger partial charge is 0.419 e. The topological polar surface area (TPSA) is 52.2 Å². The standard InChI is InChI=1S/C12H13NO3/c1-8(5-6-14)9-3-4-11-10(7-9)13(2)12(15)16-11/h3-4,6-8H,5H2,1-2H3. The van der Waals surface area contributed by atoms with Gasteiger partial charge in [0.05, 0.1) is 5.52 Å². The fraction of sp³-hybridized carbons (Fsp3) is 0.333. The van der Waals surface area contributed by atoms with Gasteiger partial charge in [0.1, 0.15) is 6.29 Å². The quantitative estimate of drug-likeness (QED) is 0.740. The molecule has 1 unspecified atom stereocenters. The highest BCUT2D eigenvalue weighted by Gasteiger charge is 2.10. The van der Waals surface area contributed by atoms with Gasteiger partial charge in [-0.05, 0) is 23.6 Å². The van der Waals surface area contributed by atoms with Crippen LogP contribution < -0.4 is 5.76 Å². The van der Waals surface area contributed by atoms with Gasteiger partial charge in [-0.3, -0.25) is 4.57 Å². The minimum atomic E-state index is -0.366. The average molecular weight is 219 g/mol. The molecule has 0 fully saturated rings. The van der Waals surface area contributed by atoms with Gasteiger partial charge in [-0.15, -0.1) is 0 Å². The number of hydrogen-bond donors (Lipinski definition) is 0. The molecule has 0 N–H and O–H groups in total. The van der Waals surface area contributed by atoms with E-state index in [1.807, 2.05) is 19.1 Å². The van der Waals surface area contributed by atoms with Gasteiger partial charge in [0.25, 0.3) is 0 Å². The molecular formula is C12H13NO3. The van der Waals surface area contributed by atoms with Gasteiger partial charge in [-0.1, -0.05) is 13.0 Å². The molecule has 84 valence electrons. The molecule has 1 aromatic carbocycles. The lowest BCUT2D eigenvalue weighted by atomic mass is 9.98. The number of rotatable bonds is 3. The zero-order valence-corrected chi connectivity index (χ0v) is 9.27. The predicted molar refractivity (Wildman–Crippen MR) is 60.6 cm³/mol. The molecule has 0 aliphatic carbocycles. The third-order valence-electron chi connectivity index (χ3n) is 2.83. The Morgan fingerprint density at radius 3 is 2.94 bits per heavy atom. The first-order valence-corrected chi connectivity index (χ1v) is 5.16. The van der Waals surface area contributed by atoms with Crippen LogP contribution in [0.1, 0.15) is 24.8 Å². The summed E-state index contributed by atoms with van der Waals surface area (Å²) in [5, 5.41) is 0. The molecule has 0 amide bonds. The van der Waals surface area contributed by atoms with E-state index in [0.29, 0.717) is 12.0 Å². The Kier molecular flexibility index (Phi) is 2.64. The van der Waals surface area contributed by atoms with Gasteiger partial charge in [-0.2, -0.15) is 0 Å². The van der Waals surface area contributed by atoms with Crippen molar-refractivity contribution in [1.82, 2.24) is 4.57 Å². The lowest BCUT2D eigenvalue weighted by Crippen LogP contribution is -2.08. The summed E-state index contributed by atoms with van der Waals surface area (Å²) in [6.45, 7) is 1.98. The molecule has 0 radical (unpaired) electrons. The van der Waals surface area contributed by atoms with Crippen LogP contribution in [0.3, 0.4) is 0 Å². The Morgan fingerprint density at radius 1 is 1.50 bits per heavy atom. The van der Waals surface area contributed by atoms with Crippen molar-refractivity contribution in [2.24, 2.45) is 7.05 Å². The van der Waals surface area contributed by atoms with Gasteiger partial charge < -0.3 is 9.21 Å². The first-order chi connectivity index (χ1) is 7.63. The highest BCUT2D eigenvalue weighted by atomic mass is 16.4. The van der Waals surface area contributed by atoms with E-state index in [9.17, 15) is 9.59 Å². The molecule has 0 aliphatic heterocycles. The summed E-state index contributed by atoms with van der Waals surface area (Å²) in [5.74, 6) is -0.206. The number of nitrogens with zero attached hydrogens (tertiary/aromatic N) is 1. The summed E-state index contributed by atoms with van der Waals surface area (Å²) in [4.78, 5) is 21.7. The van der Waals surface area contributed by atoms with E-state index in [0.717, 1.165) is 17.4 Å². The molecule has 4 heteroatoms. The third-order valence-corrected chi connectivity index (χ3v) is 2.83. The summed E-state index contributed by atoms with van der Waals surface area (Å²) >= 11 is 0. The molecular weight excluding hydrogens is 206 g/mol. The number of hydrogen-bond acceptors (Lipinski definition) is 3. The Balaban J connectivity index is 2.54. The summed E-state index contributed by atoms with van der Waals surface area (Å²) in [6, 6.07) is 5.56. The molecule has 0 aliphatic rings. The SMILES string of the molecule is CC(CC=O)c1ccc2oc(=O)n(C)c2c1. The molecule has 2 aromatic rings. The number of aryl methyl sites for hydroxylation is 1.